The molecule has 0 radical (unpaired) electrons. The molecule has 0 saturated heterocycles. The topological polar surface area (TPSA) is 76.6 Å². The van der Waals surface area contributed by atoms with E-state index in [1.165, 1.54) is 141 Å². The van der Waals surface area contributed by atoms with Gasteiger partial charge in [0.2, 0.25) is 0 Å². The number of aliphatic carboxylic acids is 1. The van der Waals surface area contributed by atoms with Crippen LogP contribution in [0.1, 0.15) is 195 Å². The Bertz CT molecular complexity index is 453. The van der Waals surface area contributed by atoms with Gasteiger partial charge in [-0.2, -0.15) is 0 Å². The average Bonchev–Trinajstić information content (AvgIpc) is 2.85. The molecular weight excluding hydrogens is 442 g/mol. The second kappa shape index (κ2) is 27.5. The summed E-state index contributed by atoms with van der Waals surface area (Å²) in [5, 5.41) is 12.2. The number of carboxylic acids is 1. The van der Waals surface area contributed by atoms with Crippen LogP contribution < -0.4 is 11.3 Å². The zero-order valence-electron chi connectivity index (χ0n) is 25.8. The summed E-state index contributed by atoms with van der Waals surface area (Å²) in [4.78, 5) is 12.2. The molecule has 0 aromatic carbocycles. The Labute approximate surface area is 228 Å². The molecule has 0 aromatic heterocycles. The average molecular weight is 512 g/mol. The Kier molecular flexibility index (Phi) is 28.7. The van der Waals surface area contributed by atoms with Gasteiger partial charge in [0.05, 0.1) is 0 Å². The molecule has 2 atom stereocenters. The third-order valence-corrected chi connectivity index (χ3v) is 8.70. The minimum atomic E-state index is -0.793. The van der Waals surface area contributed by atoms with Crippen molar-refractivity contribution in [1.82, 2.24) is 6.15 Å². The van der Waals surface area contributed by atoms with Crippen LogP contribution in [0.15, 0.2) is 0 Å². The first-order valence-corrected chi connectivity index (χ1v) is 16.3. The molecule has 36 heavy (non-hydrogen) atoms. The molecule has 0 heterocycles. The summed E-state index contributed by atoms with van der Waals surface area (Å²) in [6.07, 6.45) is 33.2. The standard InChI is InChI=1S/C33H66O2.H3N/c1-5-8-10-12-14-16-18-19-20-21-23-25-27-29-31(4)33(7-3,32(34)35)30-28-26-24-22-17-15-13-11-9-6-2;/h31H,5-30H2,1-4H3,(H,34,35);1H3. The predicted molar refractivity (Wildman–Crippen MR) is 160 cm³/mol. The second-order valence-corrected chi connectivity index (χ2v) is 11.7. The summed E-state index contributed by atoms with van der Waals surface area (Å²) in [7, 11) is 0. The van der Waals surface area contributed by atoms with E-state index < -0.39 is 11.4 Å². The summed E-state index contributed by atoms with van der Waals surface area (Å²) >= 11 is 0. The SMILES string of the molecule is CCCCCCCCCCCCCCCC(C)C(CC)(CCCCCCCCCCCC)C(=O)[O-].[NH4+]. The van der Waals surface area contributed by atoms with E-state index in [1.807, 2.05) is 0 Å². The number of hydrogen-bond donors (Lipinski definition) is 1. The van der Waals surface area contributed by atoms with Gasteiger partial charge in [0.1, 0.15) is 0 Å². The van der Waals surface area contributed by atoms with Crippen LogP contribution in [0.4, 0.5) is 0 Å². The normalized spacial score (nSPS) is 13.8. The van der Waals surface area contributed by atoms with E-state index in [2.05, 4.69) is 27.7 Å². The highest BCUT2D eigenvalue weighted by Gasteiger charge is 2.35. The van der Waals surface area contributed by atoms with Crippen molar-refractivity contribution in [2.45, 2.75) is 195 Å². The highest BCUT2D eigenvalue weighted by molar-refractivity contribution is 5.72. The van der Waals surface area contributed by atoms with Gasteiger partial charge < -0.3 is 16.1 Å². The quantitative estimate of drug-likeness (QED) is 0.106. The number of hydrogen-bond acceptors (Lipinski definition) is 2. The van der Waals surface area contributed by atoms with Gasteiger partial charge in [-0.25, -0.2) is 0 Å². The maximum Gasteiger partial charge on any atom is 0.0478 e. The van der Waals surface area contributed by atoms with Gasteiger partial charge in [-0.15, -0.1) is 0 Å². The molecule has 0 aliphatic carbocycles. The molecule has 0 amide bonds. The molecule has 2 unspecified atom stereocenters. The molecular formula is C33H69NO2. The summed E-state index contributed by atoms with van der Waals surface area (Å²) < 4.78 is 0. The third kappa shape index (κ3) is 19.5. The van der Waals surface area contributed by atoms with E-state index in [4.69, 9.17) is 0 Å². The molecule has 4 N–H and O–H groups in total. The van der Waals surface area contributed by atoms with Crippen molar-refractivity contribution in [3.8, 4) is 0 Å². The lowest BCUT2D eigenvalue weighted by Gasteiger charge is -2.40. The van der Waals surface area contributed by atoms with Gasteiger partial charge in [-0.3, -0.25) is 0 Å². The van der Waals surface area contributed by atoms with E-state index in [0.717, 1.165) is 19.3 Å². The van der Waals surface area contributed by atoms with Gasteiger partial charge in [-0.05, 0) is 25.2 Å². The Balaban J connectivity index is 0. The molecule has 218 valence electrons. The first-order chi connectivity index (χ1) is 17.0. The summed E-state index contributed by atoms with van der Waals surface area (Å²) in [6.45, 7) is 8.79. The van der Waals surface area contributed by atoms with Crippen molar-refractivity contribution in [1.29, 1.82) is 0 Å². The maximum absolute atomic E-state index is 12.2. The highest BCUT2D eigenvalue weighted by atomic mass is 16.4. The van der Waals surface area contributed by atoms with E-state index >= 15 is 0 Å². The van der Waals surface area contributed by atoms with E-state index in [-0.39, 0.29) is 12.1 Å². The van der Waals surface area contributed by atoms with Gasteiger partial charge >= 0.3 is 0 Å². The second-order valence-electron chi connectivity index (χ2n) is 11.7. The fourth-order valence-electron chi connectivity index (χ4n) is 5.89. The van der Waals surface area contributed by atoms with E-state index in [9.17, 15) is 9.90 Å². The van der Waals surface area contributed by atoms with Crippen molar-refractivity contribution in [3.05, 3.63) is 0 Å². The minimum Gasteiger partial charge on any atom is -0.550 e. The Morgan fingerprint density at radius 2 is 0.861 bits per heavy atom. The molecule has 3 heteroatoms. The van der Waals surface area contributed by atoms with Crippen LogP contribution >= 0.6 is 0 Å². The van der Waals surface area contributed by atoms with Gasteiger partial charge in [-0.1, -0.05) is 175 Å². The van der Waals surface area contributed by atoms with Crippen molar-refractivity contribution in [2.24, 2.45) is 11.3 Å². The smallest absolute Gasteiger partial charge is 0.0478 e. The number of rotatable bonds is 28. The number of quaternary nitrogens is 1. The lowest BCUT2D eigenvalue weighted by Crippen LogP contribution is -2.46. The van der Waals surface area contributed by atoms with Gasteiger partial charge in [0.15, 0.2) is 0 Å². The maximum atomic E-state index is 12.2. The Hall–Kier alpha value is -0.570. The monoisotopic (exact) mass is 512 g/mol. The summed E-state index contributed by atoms with van der Waals surface area (Å²) in [5.74, 6) is -0.568. The molecule has 0 saturated carbocycles. The van der Waals surface area contributed by atoms with Gasteiger partial charge in [0, 0.05) is 11.4 Å². The Morgan fingerprint density at radius 1 is 0.556 bits per heavy atom. The summed E-state index contributed by atoms with van der Waals surface area (Å²) in [6, 6.07) is 0. The van der Waals surface area contributed by atoms with Crippen LogP contribution in [-0.4, -0.2) is 5.97 Å². The molecule has 0 aliphatic heterocycles. The number of carbonyl (C=O) groups is 1. The lowest BCUT2D eigenvalue weighted by molar-refractivity contribution is -0.323. The fourth-order valence-corrected chi connectivity index (χ4v) is 5.89. The first-order valence-electron chi connectivity index (χ1n) is 16.3. The lowest BCUT2D eigenvalue weighted by atomic mass is 9.69. The van der Waals surface area contributed by atoms with Crippen molar-refractivity contribution in [3.63, 3.8) is 0 Å². The van der Waals surface area contributed by atoms with Crippen LogP contribution in [-0.2, 0) is 4.79 Å². The Morgan fingerprint density at radius 3 is 1.17 bits per heavy atom. The number of carboxylic acid groups (broad SMARTS) is 1. The van der Waals surface area contributed by atoms with Crippen molar-refractivity contribution >= 4 is 5.97 Å². The third-order valence-electron chi connectivity index (χ3n) is 8.70. The number of carbonyl (C=O) groups excluding carboxylic acids is 1. The molecule has 0 aliphatic rings. The van der Waals surface area contributed by atoms with Gasteiger partial charge in [0.25, 0.3) is 0 Å². The minimum absolute atomic E-state index is 0. The van der Waals surface area contributed by atoms with Crippen molar-refractivity contribution < 1.29 is 9.90 Å². The molecule has 3 nitrogen and oxygen atoms in total. The van der Waals surface area contributed by atoms with Crippen LogP contribution in [0.25, 0.3) is 0 Å². The molecule has 0 rings (SSSR count). The van der Waals surface area contributed by atoms with E-state index in [1.54, 1.807) is 0 Å². The molecule has 0 spiro atoms. The summed E-state index contributed by atoms with van der Waals surface area (Å²) in [5.41, 5.74) is -0.614. The zero-order chi connectivity index (χ0) is 26.0. The highest BCUT2D eigenvalue weighted by Crippen LogP contribution is 2.39. The largest absolute Gasteiger partial charge is 0.550 e. The van der Waals surface area contributed by atoms with Crippen molar-refractivity contribution in [2.75, 3.05) is 0 Å². The van der Waals surface area contributed by atoms with Crippen LogP contribution in [0.2, 0.25) is 0 Å². The molecule has 0 aromatic rings. The molecule has 0 bridgehead atoms. The first kappa shape index (κ1) is 37.6. The van der Waals surface area contributed by atoms with E-state index in [0.29, 0.717) is 6.42 Å². The predicted octanol–water partition coefficient (Wildman–Crippen LogP) is 10.9. The zero-order valence-corrected chi connectivity index (χ0v) is 25.8. The van der Waals surface area contributed by atoms with Crippen LogP contribution in [0, 0.1) is 11.3 Å². The molecule has 0 fully saturated rings. The van der Waals surface area contributed by atoms with Crippen LogP contribution in [0.5, 0.6) is 0 Å². The van der Waals surface area contributed by atoms with Crippen LogP contribution in [0.3, 0.4) is 0 Å². The number of unbranched alkanes of at least 4 members (excludes halogenated alkanes) is 21. The fraction of sp³-hybridized carbons (Fsp3) is 0.970.